The summed E-state index contributed by atoms with van der Waals surface area (Å²) in [6.45, 7) is 2.76. The van der Waals surface area contributed by atoms with Crippen LogP contribution >= 0.6 is 0 Å². The van der Waals surface area contributed by atoms with E-state index in [-0.39, 0.29) is 6.61 Å². The summed E-state index contributed by atoms with van der Waals surface area (Å²) in [5.41, 5.74) is 0. The topological polar surface area (TPSA) is 111 Å². The number of rotatable bonds is 5. The van der Waals surface area contributed by atoms with Crippen molar-refractivity contribution in [2.45, 2.75) is 25.1 Å². The Morgan fingerprint density at radius 1 is 1.57 bits per heavy atom. The molecule has 14 heavy (non-hydrogen) atoms. The SMILES string of the molecule is CCCOCc1nc(S(N)(=O)=O)n[nH]1. The zero-order valence-corrected chi connectivity index (χ0v) is 8.54. The van der Waals surface area contributed by atoms with Crippen LogP contribution < -0.4 is 5.14 Å². The highest BCUT2D eigenvalue weighted by atomic mass is 32.2. The molecule has 0 aliphatic heterocycles. The molecule has 0 bridgehead atoms. The normalized spacial score (nSPS) is 11.9. The van der Waals surface area contributed by atoms with Crippen molar-refractivity contribution >= 4 is 10.0 Å². The van der Waals surface area contributed by atoms with Gasteiger partial charge in [0.05, 0.1) is 0 Å². The highest BCUT2D eigenvalue weighted by Crippen LogP contribution is 1.99. The second-order valence-electron chi connectivity index (χ2n) is 2.66. The molecule has 8 heteroatoms. The van der Waals surface area contributed by atoms with E-state index in [1.165, 1.54) is 0 Å². The van der Waals surface area contributed by atoms with Gasteiger partial charge in [-0.25, -0.2) is 13.6 Å². The summed E-state index contributed by atoms with van der Waals surface area (Å²) in [6, 6.07) is 0. The van der Waals surface area contributed by atoms with Crippen molar-refractivity contribution in [3.05, 3.63) is 5.82 Å². The molecule has 3 N–H and O–H groups in total. The summed E-state index contributed by atoms with van der Waals surface area (Å²) in [5, 5.41) is 10.3. The maximum absolute atomic E-state index is 10.8. The number of H-pyrrole nitrogens is 1. The van der Waals surface area contributed by atoms with Gasteiger partial charge >= 0.3 is 0 Å². The first kappa shape index (κ1) is 11.1. The van der Waals surface area contributed by atoms with E-state index in [2.05, 4.69) is 15.2 Å². The van der Waals surface area contributed by atoms with Gasteiger partial charge in [0.15, 0.2) is 5.82 Å². The number of nitrogens with two attached hydrogens (primary N) is 1. The molecule has 0 amide bonds. The smallest absolute Gasteiger partial charge is 0.282 e. The third kappa shape index (κ3) is 3.05. The molecule has 1 heterocycles. The Morgan fingerprint density at radius 2 is 2.29 bits per heavy atom. The number of nitrogens with zero attached hydrogens (tertiary/aromatic N) is 2. The molecule has 0 aromatic carbocycles. The summed E-state index contributed by atoms with van der Waals surface area (Å²) < 4.78 is 26.7. The summed E-state index contributed by atoms with van der Waals surface area (Å²) in [6.07, 6.45) is 0.885. The summed E-state index contributed by atoms with van der Waals surface area (Å²) in [4.78, 5) is 3.65. The lowest BCUT2D eigenvalue weighted by Gasteiger charge is -1.96. The van der Waals surface area contributed by atoms with Gasteiger partial charge in [0.25, 0.3) is 15.2 Å². The van der Waals surface area contributed by atoms with Crippen LogP contribution in [0.15, 0.2) is 5.16 Å². The van der Waals surface area contributed by atoms with Crippen LogP contribution in [0.3, 0.4) is 0 Å². The van der Waals surface area contributed by atoms with E-state index in [0.717, 1.165) is 6.42 Å². The number of sulfonamides is 1. The van der Waals surface area contributed by atoms with E-state index in [9.17, 15) is 8.42 Å². The lowest BCUT2D eigenvalue weighted by atomic mass is 10.5. The van der Waals surface area contributed by atoms with Crippen LogP contribution in [-0.4, -0.2) is 30.2 Å². The number of aromatic amines is 1. The van der Waals surface area contributed by atoms with Gasteiger partial charge in [-0.05, 0) is 6.42 Å². The summed E-state index contributed by atoms with van der Waals surface area (Å²) in [7, 11) is -3.82. The Labute approximate surface area is 81.7 Å². The molecule has 0 fully saturated rings. The van der Waals surface area contributed by atoms with E-state index >= 15 is 0 Å². The zero-order chi connectivity index (χ0) is 10.6. The third-order valence-corrected chi connectivity index (χ3v) is 2.04. The van der Waals surface area contributed by atoms with Gasteiger partial charge < -0.3 is 4.74 Å². The molecule has 1 aromatic heterocycles. The Kier molecular flexibility index (Phi) is 3.55. The largest absolute Gasteiger partial charge is 0.373 e. The molecule has 0 saturated heterocycles. The van der Waals surface area contributed by atoms with Crippen LogP contribution in [0.4, 0.5) is 0 Å². The van der Waals surface area contributed by atoms with Gasteiger partial charge in [-0.15, -0.1) is 5.10 Å². The fourth-order valence-electron chi connectivity index (χ4n) is 0.783. The van der Waals surface area contributed by atoms with Crippen molar-refractivity contribution in [2.24, 2.45) is 5.14 Å². The fourth-order valence-corrected chi connectivity index (χ4v) is 1.19. The van der Waals surface area contributed by atoms with Crippen LogP contribution in [-0.2, 0) is 21.4 Å². The van der Waals surface area contributed by atoms with E-state index in [1.54, 1.807) is 0 Å². The molecule has 0 aliphatic rings. The summed E-state index contributed by atoms with van der Waals surface area (Å²) in [5.74, 6) is 0.350. The van der Waals surface area contributed by atoms with E-state index in [1.807, 2.05) is 6.92 Å². The van der Waals surface area contributed by atoms with E-state index in [4.69, 9.17) is 9.88 Å². The number of hydrogen-bond donors (Lipinski definition) is 2. The van der Waals surface area contributed by atoms with Gasteiger partial charge in [-0.3, -0.25) is 5.10 Å². The second-order valence-corrected chi connectivity index (χ2v) is 4.12. The van der Waals surface area contributed by atoms with Crippen molar-refractivity contribution in [1.29, 1.82) is 0 Å². The molecule has 0 aliphatic carbocycles. The fraction of sp³-hybridized carbons (Fsp3) is 0.667. The van der Waals surface area contributed by atoms with E-state index in [0.29, 0.717) is 12.4 Å². The molecule has 0 spiro atoms. The second kappa shape index (κ2) is 4.49. The molecule has 0 unspecified atom stereocenters. The van der Waals surface area contributed by atoms with Crippen molar-refractivity contribution in [3.63, 3.8) is 0 Å². The Balaban J connectivity index is 2.60. The number of hydrogen-bond acceptors (Lipinski definition) is 5. The van der Waals surface area contributed by atoms with Gasteiger partial charge in [0.2, 0.25) is 0 Å². The van der Waals surface area contributed by atoms with Gasteiger partial charge in [-0.2, -0.15) is 4.98 Å². The maximum Gasteiger partial charge on any atom is 0.282 e. The lowest BCUT2D eigenvalue weighted by Crippen LogP contribution is -2.14. The predicted octanol–water partition coefficient (Wildman–Crippen LogP) is -0.621. The Hall–Kier alpha value is -0.990. The number of nitrogens with one attached hydrogen (secondary N) is 1. The van der Waals surface area contributed by atoms with E-state index < -0.39 is 15.2 Å². The molecule has 1 aromatic rings. The van der Waals surface area contributed by atoms with Crippen molar-refractivity contribution in [3.8, 4) is 0 Å². The van der Waals surface area contributed by atoms with Crippen LogP contribution in [0.1, 0.15) is 19.2 Å². The minimum Gasteiger partial charge on any atom is -0.373 e. The Bertz CT molecular complexity index is 386. The number of primary sulfonamides is 1. The van der Waals surface area contributed by atoms with Gasteiger partial charge in [-0.1, -0.05) is 6.92 Å². The zero-order valence-electron chi connectivity index (χ0n) is 7.73. The minimum absolute atomic E-state index is 0.205. The van der Waals surface area contributed by atoms with Crippen LogP contribution in [0, 0.1) is 0 Å². The van der Waals surface area contributed by atoms with Gasteiger partial charge in [0, 0.05) is 6.61 Å². The van der Waals surface area contributed by atoms with Crippen LogP contribution in [0.2, 0.25) is 0 Å². The maximum atomic E-state index is 10.8. The molecule has 0 atom stereocenters. The molecule has 1 rings (SSSR count). The molecule has 80 valence electrons. The van der Waals surface area contributed by atoms with Crippen molar-refractivity contribution < 1.29 is 13.2 Å². The summed E-state index contributed by atoms with van der Waals surface area (Å²) >= 11 is 0. The Morgan fingerprint density at radius 3 is 2.79 bits per heavy atom. The first-order valence-corrected chi connectivity index (χ1v) is 5.60. The average Bonchev–Trinajstić information content (AvgIpc) is 2.52. The molecular formula is C6H12N4O3S. The first-order valence-electron chi connectivity index (χ1n) is 4.06. The number of ether oxygens (including phenoxy) is 1. The molecule has 0 radical (unpaired) electrons. The number of aromatic nitrogens is 3. The lowest BCUT2D eigenvalue weighted by molar-refractivity contribution is 0.116. The highest BCUT2D eigenvalue weighted by Gasteiger charge is 2.14. The van der Waals surface area contributed by atoms with Crippen LogP contribution in [0.5, 0.6) is 0 Å². The van der Waals surface area contributed by atoms with Crippen LogP contribution in [0.25, 0.3) is 0 Å². The standard InChI is InChI=1S/C6H12N4O3S/c1-2-3-13-4-5-8-6(10-9-5)14(7,11)12/h2-4H2,1H3,(H2,7,11,12)(H,8,9,10). The monoisotopic (exact) mass is 220 g/mol. The highest BCUT2D eigenvalue weighted by molar-refractivity contribution is 7.89. The quantitative estimate of drug-likeness (QED) is 0.642. The molecular weight excluding hydrogens is 208 g/mol. The molecule has 0 saturated carbocycles. The van der Waals surface area contributed by atoms with Crippen molar-refractivity contribution in [1.82, 2.24) is 15.2 Å². The van der Waals surface area contributed by atoms with Gasteiger partial charge in [0.1, 0.15) is 6.61 Å². The third-order valence-electron chi connectivity index (χ3n) is 1.35. The predicted molar refractivity (Wildman–Crippen MR) is 47.7 cm³/mol. The van der Waals surface area contributed by atoms with Crippen molar-refractivity contribution in [2.75, 3.05) is 6.61 Å². The first-order chi connectivity index (χ1) is 6.54. The minimum atomic E-state index is -3.82. The average molecular weight is 220 g/mol. The molecule has 7 nitrogen and oxygen atoms in total.